The summed E-state index contributed by atoms with van der Waals surface area (Å²) < 4.78 is 0.824. The largest absolute Gasteiger partial charge is 0.233 e. The van der Waals surface area contributed by atoms with Crippen LogP contribution in [0.5, 0.6) is 0 Å². The third-order valence-corrected chi connectivity index (χ3v) is 3.24. The Kier molecular flexibility index (Phi) is 3.53. The molecule has 18 heavy (non-hydrogen) atoms. The lowest BCUT2D eigenvalue weighted by Gasteiger charge is -2.19. The fourth-order valence-electron chi connectivity index (χ4n) is 1.78. The summed E-state index contributed by atoms with van der Waals surface area (Å²) in [4.78, 5) is 8.86. The van der Waals surface area contributed by atoms with Gasteiger partial charge in [-0.1, -0.05) is 45.0 Å². The number of aromatic nitrogens is 2. The molecule has 0 aliphatic rings. The third kappa shape index (κ3) is 2.96. The van der Waals surface area contributed by atoms with E-state index in [-0.39, 0.29) is 5.41 Å². The van der Waals surface area contributed by atoms with Crippen molar-refractivity contribution in [2.45, 2.75) is 33.1 Å². The highest BCUT2D eigenvalue weighted by Crippen LogP contribution is 2.25. The second-order valence-corrected chi connectivity index (χ2v) is 6.30. The molecule has 0 N–H and O–H groups in total. The summed E-state index contributed by atoms with van der Waals surface area (Å²) >= 11 is 3.41. The summed E-state index contributed by atoms with van der Waals surface area (Å²) in [5.41, 5.74) is 3.50. The Morgan fingerprint density at radius 3 is 2.11 bits per heavy atom. The topological polar surface area (TPSA) is 25.8 Å². The molecule has 2 rings (SSSR count). The van der Waals surface area contributed by atoms with E-state index >= 15 is 0 Å². The number of benzene rings is 1. The van der Waals surface area contributed by atoms with Crippen molar-refractivity contribution in [2.75, 3.05) is 0 Å². The Morgan fingerprint density at radius 2 is 1.61 bits per heavy atom. The SMILES string of the molecule is Cc1cc(Br)nc(-c2ccc(C(C)(C)C)cc2)n1. The van der Waals surface area contributed by atoms with Crippen LogP contribution < -0.4 is 0 Å². The summed E-state index contributed by atoms with van der Waals surface area (Å²) in [5.74, 6) is 0.766. The van der Waals surface area contributed by atoms with Gasteiger partial charge in [0.25, 0.3) is 0 Å². The maximum Gasteiger partial charge on any atom is 0.160 e. The van der Waals surface area contributed by atoms with Crippen LogP contribution in [-0.4, -0.2) is 9.97 Å². The predicted octanol–water partition coefficient (Wildman–Crippen LogP) is 4.51. The molecule has 0 unspecified atom stereocenters. The summed E-state index contributed by atoms with van der Waals surface area (Å²) in [5, 5.41) is 0. The monoisotopic (exact) mass is 304 g/mol. The molecule has 1 aromatic heterocycles. The molecule has 2 aromatic rings. The van der Waals surface area contributed by atoms with E-state index in [1.54, 1.807) is 0 Å². The Hall–Kier alpha value is -1.22. The lowest BCUT2D eigenvalue weighted by Crippen LogP contribution is -2.10. The molecule has 1 heterocycles. The van der Waals surface area contributed by atoms with Gasteiger partial charge < -0.3 is 0 Å². The average molecular weight is 305 g/mol. The van der Waals surface area contributed by atoms with Gasteiger partial charge in [0.2, 0.25) is 0 Å². The molecule has 0 aliphatic carbocycles. The van der Waals surface area contributed by atoms with E-state index in [1.165, 1.54) is 5.56 Å². The van der Waals surface area contributed by atoms with Gasteiger partial charge in [0, 0.05) is 11.3 Å². The van der Waals surface area contributed by atoms with Gasteiger partial charge in [0.1, 0.15) is 4.60 Å². The first-order chi connectivity index (χ1) is 8.36. The van der Waals surface area contributed by atoms with Crippen LogP contribution in [0.15, 0.2) is 34.9 Å². The van der Waals surface area contributed by atoms with Gasteiger partial charge in [0.15, 0.2) is 5.82 Å². The number of hydrogen-bond donors (Lipinski definition) is 0. The van der Waals surface area contributed by atoms with Gasteiger partial charge in [-0.25, -0.2) is 9.97 Å². The molecule has 0 fully saturated rings. The number of rotatable bonds is 1. The van der Waals surface area contributed by atoms with Gasteiger partial charge in [-0.15, -0.1) is 0 Å². The van der Waals surface area contributed by atoms with E-state index in [2.05, 4.69) is 70.9 Å². The number of hydrogen-bond acceptors (Lipinski definition) is 2. The zero-order valence-electron chi connectivity index (χ0n) is 11.2. The molecule has 0 aliphatic heterocycles. The number of halogens is 1. The number of nitrogens with zero attached hydrogens (tertiary/aromatic N) is 2. The van der Waals surface area contributed by atoms with Crippen LogP contribution in [0.3, 0.4) is 0 Å². The van der Waals surface area contributed by atoms with E-state index in [1.807, 2.05) is 13.0 Å². The fraction of sp³-hybridized carbons (Fsp3) is 0.333. The van der Waals surface area contributed by atoms with E-state index in [0.717, 1.165) is 21.7 Å². The minimum Gasteiger partial charge on any atom is -0.233 e. The van der Waals surface area contributed by atoms with Crippen molar-refractivity contribution in [3.63, 3.8) is 0 Å². The van der Waals surface area contributed by atoms with Crippen molar-refractivity contribution in [1.29, 1.82) is 0 Å². The van der Waals surface area contributed by atoms with Crippen LogP contribution in [0, 0.1) is 6.92 Å². The molecular weight excluding hydrogens is 288 g/mol. The van der Waals surface area contributed by atoms with Gasteiger partial charge in [-0.05, 0) is 39.9 Å². The van der Waals surface area contributed by atoms with Crippen molar-refractivity contribution < 1.29 is 0 Å². The zero-order valence-corrected chi connectivity index (χ0v) is 12.7. The minimum atomic E-state index is 0.173. The molecular formula is C15H17BrN2. The Morgan fingerprint density at radius 1 is 1.00 bits per heavy atom. The molecule has 0 amide bonds. The highest BCUT2D eigenvalue weighted by atomic mass is 79.9. The molecule has 0 spiro atoms. The van der Waals surface area contributed by atoms with E-state index in [4.69, 9.17) is 0 Å². The van der Waals surface area contributed by atoms with Gasteiger partial charge in [0.05, 0.1) is 0 Å². The standard InChI is InChI=1S/C15H17BrN2/c1-10-9-13(16)18-14(17-10)11-5-7-12(8-6-11)15(2,3)4/h5-9H,1-4H3. The van der Waals surface area contributed by atoms with E-state index in [9.17, 15) is 0 Å². The van der Waals surface area contributed by atoms with Crippen LogP contribution >= 0.6 is 15.9 Å². The summed E-state index contributed by atoms with van der Waals surface area (Å²) in [6.07, 6.45) is 0. The maximum atomic E-state index is 4.45. The molecule has 2 nitrogen and oxygen atoms in total. The van der Waals surface area contributed by atoms with Crippen LogP contribution in [-0.2, 0) is 5.41 Å². The molecule has 0 bridgehead atoms. The van der Waals surface area contributed by atoms with Crippen molar-refractivity contribution >= 4 is 15.9 Å². The maximum absolute atomic E-state index is 4.45. The fourth-order valence-corrected chi connectivity index (χ4v) is 2.28. The molecule has 94 valence electrons. The Labute approximate surface area is 117 Å². The molecule has 0 atom stereocenters. The lowest BCUT2D eigenvalue weighted by molar-refractivity contribution is 0.590. The van der Waals surface area contributed by atoms with Crippen molar-refractivity contribution in [1.82, 2.24) is 9.97 Å². The molecule has 0 saturated heterocycles. The summed E-state index contributed by atoms with van der Waals surface area (Å²) in [6, 6.07) is 10.4. The van der Waals surface area contributed by atoms with Gasteiger partial charge in [-0.2, -0.15) is 0 Å². The average Bonchev–Trinajstić information content (AvgIpc) is 2.27. The smallest absolute Gasteiger partial charge is 0.160 e. The van der Waals surface area contributed by atoms with Crippen molar-refractivity contribution in [2.24, 2.45) is 0 Å². The van der Waals surface area contributed by atoms with Gasteiger partial charge in [-0.3, -0.25) is 0 Å². The van der Waals surface area contributed by atoms with Gasteiger partial charge >= 0.3 is 0 Å². The van der Waals surface area contributed by atoms with E-state index < -0.39 is 0 Å². The Bertz CT molecular complexity index is 533. The highest BCUT2D eigenvalue weighted by Gasteiger charge is 2.13. The minimum absolute atomic E-state index is 0.173. The van der Waals surface area contributed by atoms with Crippen LogP contribution in [0.2, 0.25) is 0 Å². The zero-order chi connectivity index (χ0) is 13.3. The number of aryl methyl sites for hydroxylation is 1. The van der Waals surface area contributed by atoms with E-state index in [0.29, 0.717) is 0 Å². The van der Waals surface area contributed by atoms with Crippen molar-refractivity contribution in [3.05, 3.63) is 46.2 Å². The van der Waals surface area contributed by atoms with Crippen LogP contribution in [0.1, 0.15) is 32.0 Å². The first-order valence-corrected chi connectivity index (χ1v) is 6.78. The summed E-state index contributed by atoms with van der Waals surface area (Å²) in [7, 11) is 0. The van der Waals surface area contributed by atoms with Crippen LogP contribution in [0.4, 0.5) is 0 Å². The lowest BCUT2D eigenvalue weighted by atomic mass is 9.87. The predicted molar refractivity (Wildman–Crippen MR) is 78.6 cm³/mol. The summed E-state index contributed by atoms with van der Waals surface area (Å²) in [6.45, 7) is 8.60. The second-order valence-electron chi connectivity index (χ2n) is 5.48. The molecule has 3 heteroatoms. The third-order valence-electron chi connectivity index (χ3n) is 2.83. The molecule has 0 radical (unpaired) electrons. The highest BCUT2D eigenvalue weighted by molar-refractivity contribution is 9.10. The Balaban J connectivity index is 2.40. The van der Waals surface area contributed by atoms with Crippen LogP contribution in [0.25, 0.3) is 11.4 Å². The quantitative estimate of drug-likeness (QED) is 0.724. The molecule has 0 saturated carbocycles. The normalized spacial score (nSPS) is 11.6. The second kappa shape index (κ2) is 4.81. The molecule has 1 aromatic carbocycles. The first kappa shape index (κ1) is 13.2. The van der Waals surface area contributed by atoms with Crippen molar-refractivity contribution in [3.8, 4) is 11.4 Å². The first-order valence-electron chi connectivity index (χ1n) is 5.98.